The van der Waals surface area contributed by atoms with E-state index in [1.165, 1.54) is 42.8 Å². The summed E-state index contributed by atoms with van der Waals surface area (Å²) in [5, 5.41) is 0. The normalized spacial score (nSPS) is 15.8. The minimum absolute atomic E-state index is 0.0322. The topological polar surface area (TPSA) is 119 Å². The number of hydrogen-bond donors (Lipinski definition) is 0. The highest BCUT2D eigenvalue weighted by molar-refractivity contribution is 7.91. The number of nitrogens with zero attached hydrogens (tertiary/aromatic N) is 4. The van der Waals surface area contributed by atoms with Gasteiger partial charge < -0.3 is 14.4 Å². The van der Waals surface area contributed by atoms with Crippen molar-refractivity contribution in [1.82, 2.24) is 14.3 Å². The Balaban J connectivity index is 1.82. The number of hydrogen-bond acceptors (Lipinski definition) is 9. The molecule has 0 atom stereocenters. The van der Waals surface area contributed by atoms with E-state index in [1.807, 2.05) is 4.90 Å². The molecule has 1 aromatic carbocycles. The summed E-state index contributed by atoms with van der Waals surface area (Å²) in [5.74, 6) is 1.00. The summed E-state index contributed by atoms with van der Waals surface area (Å²) in [4.78, 5) is 10.5. The summed E-state index contributed by atoms with van der Waals surface area (Å²) in [5.41, 5.74) is 0. The first kappa shape index (κ1) is 24.4. The molecule has 1 fully saturated rings. The molecule has 10 nitrogen and oxygen atoms in total. The Bertz CT molecular complexity index is 1130. The van der Waals surface area contributed by atoms with Crippen molar-refractivity contribution in [2.24, 2.45) is 0 Å². The predicted molar refractivity (Wildman–Crippen MR) is 119 cm³/mol. The van der Waals surface area contributed by atoms with Gasteiger partial charge in [0.05, 0.1) is 23.5 Å². The van der Waals surface area contributed by atoms with Crippen molar-refractivity contribution in [3.8, 4) is 5.88 Å². The van der Waals surface area contributed by atoms with Gasteiger partial charge in [0.1, 0.15) is 0 Å². The van der Waals surface area contributed by atoms with E-state index in [9.17, 15) is 16.8 Å². The quantitative estimate of drug-likeness (QED) is 0.517. The molecule has 0 amide bonds. The lowest BCUT2D eigenvalue weighted by Gasteiger charge is -2.37. The first-order valence-electron chi connectivity index (χ1n) is 10.1. The highest BCUT2D eigenvalue weighted by Gasteiger charge is 2.34. The molecule has 1 aliphatic heterocycles. The summed E-state index contributed by atoms with van der Waals surface area (Å²) in [6.45, 7) is 1.53. The van der Waals surface area contributed by atoms with Crippen molar-refractivity contribution in [3.63, 3.8) is 0 Å². The van der Waals surface area contributed by atoms with Gasteiger partial charge in [0, 0.05) is 51.3 Å². The Morgan fingerprint density at radius 1 is 1.09 bits per heavy atom. The molecule has 0 unspecified atom stereocenters. The average Bonchev–Trinajstić information content (AvgIpc) is 2.79. The molecule has 0 N–H and O–H groups in total. The maximum Gasteiger partial charge on any atom is 0.243 e. The highest BCUT2D eigenvalue weighted by atomic mass is 32.2. The summed E-state index contributed by atoms with van der Waals surface area (Å²) < 4.78 is 62.5. The Kier molecular flexibility index (Phi) is 7.70. The van der Waals surface area contributed by atoms with Gasteiger partial charge in [0.2, 0.25) is 21.9 Å². The number of ether oxygens (including phenoxy) is 2. The van der Waals surface area contributed by atoms with E-state index in [4.69, 9.17) is 9.47 Å². The molecule has 0 radical (unpaired) electrons. The van der Waals surface area contributed by atoms with E-state index in [0.29, 0.717) is 37.8 Å². The molecular formula is C20H28N4O6S2. The molecule has 0 aliphatic carbocycles. The molecule has 2 heterocycles. The number of anilines is 1. The largest absolute Gasteiger partial charge is 0.481 e. The fraction of sp³-hybridized carbons (Fsp3) is 0.500. The lowest BCUT2D eigenvalue weighted by molar-refractivity contribution is 0.159. The third kappa shape index (κ3) is 5.55. The molecule has 1 saturated heterocycles. The molecule has 2 aromatic rings. The molecule has 32 heavy (non-hydrogen) atoms. The molecule has 176 valence electrons. The molecular weight excluding hydrogens is 456 g/mol. The van der Waals surface area contributed by atoms with Crippen LogP contribution in [0.4, 0.5) is 5.95 Å². The Morgan fingerprint density at radius 3 is 2.41 bits per heavy atom. The van der Waals surface area contributed by atoms with Crippen LogP contribution in [0.3, 0.4) is 0 Å². The number of rotatable bonds is 9. The van der Waals surface area contributed by atoms with Crippen molar-refractivity contribution < 1.29 is 26.3 Å². The zero-order chi connectivity index (χ0) is 23.4. The van der Waals surface area contributed by atoms with E-state index in [-0.39, 0.29) is 29.0 Å². The van der Waals surface area contributed by atoms with E-state index in [2.05, 4.69) is 9.97 Å². The van der Waals surface area contributed by atoms with Crippen LogP contribution in [0, 0.1) is 0 Å². The fourth-order valence-corrected chi connectivity index (χ4v) is 6.09. The van der Waals surface area contributed by atoms with E-state index < -0.39 is 19.9 Å². The van der Waals surface area contributed by atoms with Crippen molar-refractivity contribution in [2.45, 2.75) is 28.7 Å². The second-order valence-electron chi connectivity index (χ2n) is 7.47. The smallest absolute Gasteiger partial charge is 0.243 e. The van der Waals surface area contributed by atoms with Gasteiger partial charge in [-0.3, -0.25) is 0 Å². The maximum absolute atomic E-state index is 13.5. The van der Waals surface area contributed by atoms with Crippen LogP contribution in [0.25, 0.3) is 0 Å². The molecule has 1 aromatic heterocycles. The summed E-state index contributed by atoms with van der Waals surface area (Å²) in [6, 6.07) is 6.87. The number of piperidine rings is 1. The molecule has 0 bridgehead atoms. The van der Waals surface area contributed by atoms with Crippen LogP contribution in [0.5, 0.6) is 5.88 Å². The molecule has 3 rings (SSSR count). The minimum Gasteiger partial charge on any atom is -0.481 e. The van der Waals surface area contributed by atoms with Crippen molar-refractivity contribution in [1.29, 1.82) is 0 Å². The average molecular weight is 485 g/mol. The van der Waals surface area contributed by atoms with Gasteiger partial charge >= 0.3 is 0 Å². The number of benzene rings is 1. The van der Waals surface area contributed by atoms with Crippen molar-refractivity contribution in [3.05, 3.63) is 36.5 Å². The van der Waals surface area contributed by atoms with Gasteiger partial charge in [0.15, 0.2) is 9.84 Å². The summed E-state index contributed by atoms with van der Waals surface area (Å²) >= 11 is 0. The van der Waals surface area contributed by atoms with Crippen LogP contribution >= 0.6 is 0 Å². The minimum atomic E-state index is -3.93. The number of aromatic nitrogens is 2. The van der Waals surface area contributed by atoms with Crippen LogP contribution in [-0.2, 0) is 24.6 Å². The molecule has 0 saturated carbocycles. The SMILES string of the molecule is COCCN(C1CCN(c2nccc(OC)n2)CC1)S(=O)(=O)c1cccc(S(C)(=O)=O)c1. The first-order chi connectivity index (χ1) is 15.2. The van der Waals surface area contributed by atoms with Crippen LogP contribution in [0.15, 0.2) is 46.3 Å². The first-order valence-corrected chi connectivity index (χ1v) is 13.4. The van der Waals surface area contributed by atoms with Gasteiger partial charge in [-0.25, -0.2) is 21.8 Å². The van der Waals surface area contributed by atoms with Crippen LogP contribution in [0.2, 0.25) is 0 Å². The van der Waals surface area contributed by atoms with Crippen LogP contribution < -0.4 is 9.64 Å². The zero-order valence-corrected chi connectivity index (χ0v) is 20.0. The fourth-order valence-electron chi connectivity index (χ4n) is 3.63. The monoisotopic (exact) mass is 484 g/mol. The molecule has 0 spiro atoms. The van der Waals surface area contributed by atoms with Gasteiger partial charge in [-0.1, -0.05) is 6.07 Å². The number of methoxy groups -OCH3 is 2. The van der Waals surface area contributed by atoms with E-state index >= 15 is 0 Å². The highest BCUT2D eigenvalue weighted by Crippen LogP contribution is 2.27. The Morgan fingerprint density at radius 2 is 1.78 bits per heavy atom. The van der Waals surface area contributed by atoms with Crippen LogP contribution in [0.1, 0.15) is 12.8 Å². The number of sulfonamides is 1. The second kappa shape index (κ2) is 10.1. The number of sulfone groups is 1. The van der Waals surface area contributed by atoms with Gasteiger partial charge in [-0.05, 0) is 31.0 Å². The third-order valence-corrected chi connectivity index (χ3v) is 8.40. The van der Waals surface area contributed by atoms with Gasteiger partial charge in [-0.15, -0.1) is 0 Å². The Labute approximate surface area is 189 Å². The maximum atomic E-state index is 13.5. The second-order valence-corrected chi connectivity index (χ2v) is 11.4. The Hall–Kier alpha value is -2.28. The third-order valence-electron chi connectivity index (χ3n) is 5.34. The van der Waals surface area contributed by atoms with Crippen LogP contribution in [-0.4, -0.2) is 83.9 Å². The molecule has 1 aliphatic rings. The zero-order valence-electron chi connectivity index (χ0n) is 18.3. The predicted octanol–water partition coefficient (Wildman–Crippen LogP) is 1.19. The summed E-state index contributed by atoms with van der Waals surface area (Å²) in [6.07, 6.45) is 3.81. The lowest BCUT2D eigenvalue weighted by atomic mass is 10.1. The van der Waals surface area contributed by atoms with Crippen molar-refractivity contribution >= 4 is 25.8 Å². The standard InChI is InChI=1S/C20H28N4O6S2/c1-29-14-13-24(32(27,28)18-6-4-5-17(15-18)31(3,25)26)16-8-11-23(12-9-16)20-21-10-7-19(22-20)30-2/h4-7,10,15-16H,8-9,11-14H2,1-3H3. The van der Waals surface area contributed by atoms with E-state index in [1.54, 1.807) is 12.3 Å². The van der Waals surface area contributed by atoms with Gasteiger partial charge in [0.25, 0.3) is 0 Å². The lowest BCUT2D eigenvalue weighted by Crippen LogP contribution is -2.48. The summed E-state index contributed by atoms with van der Waals surface area (Å²) in [7, 11) is -4.42. The van der Waals surface area contributed by atoms with Gasteiger partial charge in [-0.2, -0.15) is 9.29 Å². The van der Waals surface area contributed by atoms with E-state index in [0.717, 1.165) is 6.26 Å². The molecule has 12 heteroatoms. The van der Waals surface area contributed by atoms with Crippen molar-refractivity contribution in [2.75, 3.05) is 51.6 Å².